The van der Waals surface area contributed by atoms with Gasteiger partial charge in [0.1, 0.15) is 0 Å². The molecule has 0 heterocycles. The van der Waals surface area contributed by atoms with Crippen molar-refractivity contribution in [3.63, 3.8) is 0 Å². The van der Waals surface area contributed by atoms with Crippen molar-refractivity contribution in [2.24, 2.45) is 0 Å². The largest absolute Gasteiger partial charge is 0.383 e. The Kier molecular flexibility index (Phi) is 6.44. The lowest BCUT2D eigenvalue weighted by atomic mass is 10.3. The molecule has 5 nitrogen and oxygen atoms in total. The molecule has 0 radical (unpaired) electrons. The highest BCUT2D eigenvalue weighted by atomic mass is 32.2. The monoisotopic (exact) mass is 287 g/mol. The molecule has 0 saturated carbocycles. The van der Waals surface area contributed by atoms with Gasteiger partial charge in [-0.3, -0.25) is 0 Å². The molecule has 0 aromatic heterocycles. The molecule has 1 aromatic rings. The summed E-state index contributed by atoms with van der Waals surface area (Å²) in [5.41, 5.74) is 0. The fourth-order valence-corrected chi connectivity index (χ4v) is 3.43. The molecule has 0 aliphatic heterocycles. The van der Waals surface area contributed by atoms with E-state index in [1.165, 1.54) is 4.31 Å². The first-order chi connectivity index (χ1) is 9.04. The second kappa shape index (κ2) is 7.59. The Morgan fingerprint density at radius 3 is 2.32 bits per heavy atom. The van der Waals surface area contributed by atoms with Crippen molar-refractivity contribution in [2.75, 3.05) is 34.0 Å². The lowest BCUT2D eigenvalue weighted by Gasteiger charge is -2.27. The molecule has 0 aliphatic carbocycles. The molecule has 0 amide bonds. The van der Waals surface area contributed by atoms with Gasteiger partial charge in [0, 0.05) is 26.8 Å². The van der Waals surface area contributed by atoms with Gasteiger partial charge in [-0.1, -0.05) is 18.2 Å². The van der Waals surface area contributed by atoms with E-state index in [0.717, 1.165) is 0 Å². The van der Waals surface area contributed by atoms with Crippen LogP contribution in [0.25, 0.3) is 0 Å². The third-order valence-corrected chi connectivity index (χ3v) is 4.79. The predicted octanol–water partition coefficient (Wildman–Crippen LogP) is 1.36. The summed E-state index contributed by atoms with van der Waals surface area (Å²) in [6.07, 6.45) is 0. The molecule has 6 heteroatoms. The number of hydrogen-bond donors (Lipinski definition) is 0. The van der Waals surface area contributed by atoms with E-state index in [0.29, 0.717) is 19.8 Å². The van der Waals surface area contributed by atoms with Gasteiger partial charge in [0.05, 0.1) is 18.1 Å². The van der Waals surface area contributed by atoms with Gasteiger partial charge in [0.15, 0.2) is 0 Å². The molecule has 0 bridgehead atoms. The highest BCUT2D eigenvalue weighted by Gasteiger charge is 2.28. The standard InChI is InChI=1S/C13H21NO4S/c1-12(11-18-3)14(9-10-17-2)19(15,16)13-7-5-4-6-8-13/h4-8,12H,9-11H2,1-3H3. The molecule has 1 unspecified atom stereocenters. The van der Waals surface area contributed by atoms with Crippen LogP contribution in [0.5, 0.6) is 0 Å². The molecule has 108 valence electrons. The first-order valence-electron chi connectivity index (χ1n) is 6.08. The number of benzene rings is 1. The topological polar surface area (TPSA) is 55.8 Å². The number of hydrogen-bond acceptors (Lipinski definition) is 4. The number of rotatable bonds is 8. The van der Waals surface area contributed by atoms with Gasteiger partial charge in [-0.05, 0) is 19.1 Å². The molecule has 1 rings (SSSR count). The average Bonchev–Trinajstić information content (AvgIpc) is 2.40. The van der Waals surface area contributed by atoms with Crippen LogP contribution in [0.1, 0.15) is 6.92 Å². The van der Waals surface area contributed by atoms with Crippen LogP contribution in [0.15, 0.2) is 35.2 Å². The molecule has 1 aromatic carbocycles. The molecule has 0 N–H and O–H groups in total. The average molecular weight is 287 g/mol. The predicted molar refractivity (Wildman–Crippen MR) is 73.5 cm³/mol. The summed E-state index contributed by atoms with van der Waals surface area (Å²) in [5, 5.41) is 0. The number of nitrogens with zero attached hydrogens (tertiary/aromatic N) is 1. The van der Waals surface area contributed by atoms with Gasteiger partial charge in [-0.2, -0.15) is 4.31 Å². The van der Waals surface area contributed by atoms with E-state index in [1.54, 1.807) is 44.6 Å². The number of methoxy groups -OCH3 is 2. The Morgan fingerprint density at radius 1 is 1.16 bits per heavy atom. The van der Waals surface area contributed by atoms with Crippen LogP contribution in [0.4, 0.5) is 0 Å². The van der Waals surface area contributed by atoms with Crippen LogP contribution in [-0.2, 0) is 19.5 Å². The van der Waals surface area contributed by atoms with Gasteiger partial charge in [0.2, 0.25) is 10.0 Å². The van der Waals surface area contributed by atoms with Crippen molar-refractivity contribution >= 4 is 10.0 Å². The molecular weight excluding hydrogens is 266 g/mol. The van der Waals surface area contributed by atoms with Crippen molar-refractivity contribution in [3.8, 4) is 0 Å². The zero-order chi connectivity index (χ0) is 14.3. The second-order valence-electron chi connectivity index (χ2n) is 4.23. The first kappa shape index (κ1) is 16.1. The van der Waals surface area contributed by atoms with E-state index in [9.17, 15) is 8.42 Å². The van der Waals surface area contributed by atoms with E-state index in [1.807, 2.05) is 6.92 Å². The minimum absolute atomic E-state index is 0.245. The SMILES string of the molecule is COCCN(C(C)COC)S(=O)(=O)c1ccccc1. The van der Waals surface area contributed by atoms with Crippen LogP contribution < -0.4 is 0 Å². The van der Waals surface area contributed by atoms with E-state index >= 15 is 0 Å². The molecule has 0 saturated heterocycles. The van der Waals surface area contributed by atoms with Crippen LogP contribution in [0.3, 0.4) is 0 Å². The fourth-order valence-electron chi connectivity index (χ4n) is 1.81. The van der Waals surface area contributed by atoms with E-state index in [4.69, 9.17) is 9.47 Å². The van der Waals surface area contributed by atoms with E-state index in [2.05, 4.69) is 0 Å². The Morgan fingerprint density at radius 2 is 1.79 bits per heavy atom. The third-order valence-electron chi connectivity index (χ3n) is 2.77. The summed E-state index contributed by atoms with van der Waals surface area (Å²) in [4.78, 5) is 0.286. The third kappa shape index (κ3) is 4.28. The first-order valence-corrected chi connectivity index (χ1v) is 7.52. The summed E-state index contributed by atoms with van der Waals surface area (Å²) in [5.74, 6) is 0. The maximum Gasteiger partial charge on any atom is 0.243 e. The highest BCUT2D eigenvalue weighted by Crippen LogP contribution is 2.17. The number of ether oxygens (including phenoxy) is 2. The summed E-state index contributed by atoms with van der Waals surface area (Å²) >= 11 is 0. The summed E-state index contributed by atoms with van der Waals surface area (Å²) < 4.78 is 36.6. The Bertz CT molecular complexity index is 461. The van der Waals surface area contributed by atoms with E-state index < -0.39 is 10.0 Å². The van der Waals surface area contributed by atoms with Gasteiger partial charge < -0.3 is 9.47 Å². The zero-order valence-electron chi connectivity index (χ0n) is 11.6. The fraction of sp³-hybridized carbons (Fsp3) is 0.538. The van der Waals surface area contributed by atoms with Gasteiger partial charge in [0.25, 0.3) is 0 Å². The molecule has 1 atom stereocenters. The molecular formula is C13H21NO4S. The minimum Gasteiger partial charge on any atom is -0.383 e. The van der Waals surface area contributed by atoms with Crippen LogP contribution >= 0.6 is 0 Å². The molecule has 0 fully saturated rings. The maximum atomic E-state index is 12.6. The Hall–Kier alpha value is -0.950. The van der Waals surface area contributed by atoms with Crippen molar-refractivity contribution < 1.29 is 17.9 Å². The Labute approximate surface area is 115 Å². The van der Waals surface area contributed by atoms with Crippen LogP contribution in [0.2, 0.25) is 0 Å². The van der Waals surface area contributed by atoms with Crippen molar-refractivity contribution in [3.05, 3.63) is 30.3 Å². The van der Waals surface area contributed by atoms with Gasteiger partial charge in [-0.15, -0.1) is 0 Å². The van der Waals surface area contributed by atoms with Gasteiger partial charge >= 0.3 is 0 Å². The Balaban J connectivity index is 3.02. The van der Waals surface area contributed by atoms with Crippen LogP contribution in [-0.4, -0.2) is 52.7 Å². The van der Waals surface area contributed by atoms with Crippen molar-refractivity contribution in [2.45, 2.75) is 17.9 Å². The summed E-state index contributed by atoms with van der Waals surface area (Å²) in [6, 6.07) is 8.15. The number of sulfonamides is 1. The van der Waals surface area contributed by atoms with Crippen molar-refractivity contribution in [1.82, 2.24) is 4.31 Å². The minimum atomic E-state index is -3.52. The second-order valence-corrected chi connectivity index (χ2v) is 6.12. The maximum absolute atomic E-state index is 12.6. The van der Waals surface area contributed by atoms with Crippen LogP contribution in [0, 0.1) is 0 Å². The van der Waals surface area contributed by atoms with Crippen molar-refractivity contribution in [1.29, 1.82) is 0 Å². The van der Waals surface area contributed by atoms with E-state index in [-0.39, 0.29) is 10.9 Å². The zero-order valence-corrected chi connectivity index (χ0v) is 12.4. The quantitative estimate of drug-likeness (QED) is 0.724. The molecule has 0 spiro atoms. The smallest absolute Gasteiger partial charge is 0.243 e. The highest BCUT2D eigenvalue weighted by molar-refractivity contribution is 7.89. The lowest BCUT2D eigenvalue weighted by Crippen LogP contribution is -2.42. The van der Waals surface area contributed by atoms with Gasteiger partial charge in [-0.25, -0.2) is 8.42 Å². The molecule has 19 heavy (non-hydrogen) atoms. The lowest BCUT2D eigenvalue weighted by molar-refractivity contribution is 0.119. The summed E-state index contributed by atoms with van der Waals surface area (Å²) in [6.45, 7) is 2.81. The summed E-state index contributed by atoms with van der Waals surface area (Å²) in [7, 11) is -0.416. The molecule has 0 aliphatic rings. The normalized spacial score (nSPS) is 13.7.